The summed E-state index contributed by atoms with van der Waals surface area (Å²) in [5, 5.41) is 8.65. The van der Waals surface area contributed by atoms with Crippen molar-refractivity contribution in [1.82, 2.24) is 0 Å². The molecule has 0 saturated carbocycles. The summed E-state index contributed by atoms with van der Waals surface area (Å²) in [5.74, 6) is 0.0188. The molecule has 2 atom stereocenters. The maximum absolute atomic E-state index is 10.5. The van der Waals surface area contributed by atoms with Crippen LogP contribution in [0.1, 0.15) is 46.0 Å². The molecule has 0 aromatic rings. The second kappa shape index (κ2) is 7.80. The molecule has 0 unspecified atom stereocenters. The van der Waals surface area contributed by atoms with Gasteiger partial charge in [0.2, 0.25) is 0 Å². The molecular formula is C11H23NO2. The maximum atomic E-state index is 10.5. The third-order valence-corrected chi connectivity index (χ3v) is 2.58. The van der Waals surface area contributed by atoms with Crippen LogP contribution in [-0.4, -0.2) is 17.6 Å². The van der Waals surface area contributed by atoms with E-state index in [9.17, 15) is 4.79 Å². The van der Waals surface area contributed by atoms with Gasteiger partial charge < -0.3 is 10.8 Å². The number of aliphatic carboxylic acids is 1. The molecule has 0 bridgehead atoms. The average molecular weight is 201 g/mol. The fourth-order valence-electron chi connectivity index (χ4n) is 1.75. The van der Waals surface area contributed by atoms with E-state index in [1.807, 2.05) is 0 Å². The molecule has 0 saturated heterocycles. The summed E-state index contributed by atoms with van der Waals surface area (Å²) < 4.78 is 0. The molecule has 0 rings (SSSR count). The molecule has 0 aliphatic heterocycles. The molecule has 0 aromatic heterocycles. The maximum Gasteiger partial charge on any atom is 0.303 e. The molecular weight excluding hydrogens is 178 g/mol. The van der Waals surface area contributed by atoms with Crippen LogP contribution in [0.2, 0.25) is 0 Å². The molecule has 0 spiro atoms. The zero-order valence-electron chi connectivity index (χ0n) is 9.33. The quantitative estimate of drug-likeness (QED) is 0.633. The molecule has 3 nitrogen and oxygen atoms in total. The van der Waals surface area contributed by atoms with E-state index in [0.717, 1.165) is 6.42 Å². The number of hydrogen-bond donors (Lipinski definition) is 2. The van der Waals surface area contributed by atoms with Crippen molar-refractivity contribution in [1.29, 1.82) is 0 Å². The van der Waals surface area contributed by atoms with Gasteiger partial charge >= 0.3 is 5.97 Å². The summed E-state index contributed by atoms with van der Waals surface area (Å²) >= 11 is 0. The van der Waals surface area contributed by atoms with Gasteiger partial charge in [-0.3, -0.25) is 4.79 Å². The van der Waals surface area contributed by atoms with Gasteiger partial charge in [0.05, 0.1) is 0 Å². The fraction of sp³-hybridized carbons (Fsp3) is 0.909. The standard InChI is InChI=1S/C11H23NO2/c1-3-4-5-9(2)6-10(8-12)7-11(13)14/h9-10H,3-8,12H2,1-2H3,(H,13,14)/t9-,10+/m1/s1. The van der Waals surface area contributed by atoms with Crippen molar-refractivity contribution in [3.05, 3.63) is 0 Å². The molecule has 3 heteroatoms. The SMILES string of the molecule is CCCC[C@@H](C)C[C@H](CN)CC(=O)O. The van der Waals surface area contributed by atoms with E-state index in [-0.39, 0.29) is 12.3 Å². The van der Waals surface area contributed by atoms with Gasteiger partial charge in [-0.2, -0.15) is 0 Å². The third-order valence-electron chi connectivity index (χ3n) is 2.58. The van der Waals surface area contributed by atoms with E-state index in [2.05, 4.69) is 13.8 Å². The zero-order valence-corrected chi connectivity index (χ0v) is 9.33. The summed E-state index contributed by atoms with van der Waals surface area (Å²) in [4.78, 5) is 10.5. The molecule has 0 amide bonds. The van der Waals surface area contributed by atoms with Crippen LogP contribution in [0.4, 0.5) is 0 Å². The Balaban J connectivity index is 3.73. The largest absolute Gasteiger partial charge is 0.481 e. The zero-order chi connectivity index (χ0) is 11.0. The first kappa shape index (κ1) is 13.4. The van der Waals surface area contributed by atoms with Gasteiger partial charge in [-0.1, -0.05) is 33.1 Å². The Morgan fingerprint density at radius 1 is 1.50 bits per heavy atom. The van der Waals surface area contributed by atoms with E-state index >= 15 is 0 Å². The molecule has 0 fully saturated rings. The number of carboxylic acid groups (broad SMARTS) is 1. The Morgan fingerprint density at radius 3 is 2.57 bits per heavy atom. The number of unbranched alkanes of at least 4 members (excludes halogenated alkanes) is 1. The minimum atomic E-state index is -0.733. The van der Waals surface area contributed by atoms with E-state index < -0.39 is 5.97 Å². The first-order chi connectivity index (χ1) is 6.60. The lowest BCUT2D eigenvalue weighted by Crippen LogP contribution is -2.20. The Hall–Kier alpha value is -0.570. The number of carbonyl (C=O) groups is 1. The molecule has 0 aliphatic carbocycles. The minimum Gasteiger partial charge on any atom is -0.481 e. The highest BCUT2D eigenvalue weighted by molar-refractivity contribution is 5.67. The summed E-state index contributed by atoms with van der Waals surface area (Å²) in [6, 6.07) is 0. The number of hydrogen-bond acceptors (Lipinski definition) is 2. The Labute approximate surface area is 86.7 Å². The van der Waals surface area contributed by atoms with Crippen molar-refractivity contribution in [2.45, 2.75) is 46.0 Å². The topological polar surface area (TPSA) is 63.3 Å². The normalized spacial score (nSPS) is 15.1. The van der Waals surface area contributed by atoms with Crippen LogP contribution in [0.25, 0.3) is 0 Å². The van der Waals surface area contributed by atoms with Crippen LogP contribution in [0.5, 0.6) is 0 Å². The van der Waals surface area contributed by atoms with Crippen molar-refractivity contribution >= 4 is 5.97 Å². The smallest absolute Gasteiger partial charge is 0.303 e. The van der Waals surface area contributed by atoms with Crippen molar-refractivity contribution in [2.24, 2.45) is 17.6 Å². The van der Waals surface area contributed by atoms with Crippen molar-refractivity contribution in [2.75, 3.05) is 6.54 Å². The minimum absolute atomic E-state index is 0.152. The predicted octanol–water partition coefficient (Wildman–Crippen LogP) is 2.25. The Morgan fingerprint density at radius 2 is 2.14 bits per heavy atom. The van der Waals surface area contributed by atoms with Crippen LogP contribution in [0.15, 0.2) is 0 Å². The van der Waals surface area contributed by atoms with Gasteiger partial charge in [0.1, 0.15) is 0 Å². The van der Waals surface area contributed by atoms with E-state index in [1.54, 1.807) is 0 Å². The molecule has 3 N–H and O–H groups in total. The van der Waals surface area contributed by atoms with Gasteiger partial charge in [0.15, 0.2) is 0 Å². The number of rotatable bonds is 8. The first-order valence-corrected chi connectivity index (χ1v) is 5.52. The lowest BCUT2D eigenvalue weighted by Gasteiger charge is -2.17. The highest BCUT2D eigenvalue weighted by Gasteiger charge is 2.14. The van der Waals surface area contributed by atoms with Crippen molar-refractivity contribution in [3.8, 4) is 0 Å². The Kier molecular flexibility index (Phi) is 7.48. The lowest BCUT2D eigenvalue weighted by atomic mass is 9.90. The van der Waals surface area contributed by atoms with Gasteiger partial charge in [0.25, 0.3) is 0 Å². The molecule has 84 valence electrons. The van der Waals surface area contributed by atoms with Gasteiger partial charge in [0, 0.05) is 6.42 Å². The third kappa shape index (κ3) is 6.89. The monoisotopic (exact) mass is 201 g/mol. The van der Waals surface area contributed by atoms with Crippen LogP contribution < -0.4 is 5.73 Å². The molecule has 14 heavy (non-hydrogen) atoms. The van der Waals surface area contributed by atoms with Crippen molar-refractivity contribution in [3.63, 3.8) is 0 Å². The highest BCUT2D eigenvalue weighted by Crippen LogP contribution is 2.19. The second-order valence-electron chi connectivity index (χ2n) is 4.18. The summed E-state index contributed by atoms with van der Waals surface area (Å²) in [6.45, 7) is 4.84. The summed E-state index contributed by atoms with van der Waals surface area (Å²) in [7, 11) is 0. The fourth-order valence-corrected chi connectivity index (χ4v) is 1.75. The molecule has 0 radical (unpaired) electrons. The molecule has 0 aliphatic rings. The average Bonchev–Trinajstić information content (AvgIpc) is 2.12. The van der Waals surface area contributed by atoms with Gasteiger partial charge in [-0.25, -0.2) is 0 Å². The van der Waals surface area contributed by atoms with Gasteiger partial charge in [-0.05, 0) is 24.8 Å². The van der Waals surface area contributed by atoms with E-state index in [4.69, 9.17) is 10.8 Å². The number of carboxylic acids is 1. The highest BCUT2D eigenvalue weighted by atomic mass is 16.4. The first-order valence-electron chi connectivity index (χ1n) is 5.52. The van der Waals surface area contributed by atoms with Crippen LogP contribution in [-0.2, 0) is 4.79 Å². The summed E-state index contributed by atoms with van der Waals surface area (Å²) in [6.07, 6.45) is 4.78. The lowest BCUT2D eigenvalue weighted by molar-refractivity contribution is -0.138. The van der Waals surface area contributed by atoms with Crippen molar-refractivity contribution < 1.29 is 9.90 Å². The van der Waals surface area contributed by atoms with E-state index in [0.29, 0.717) is 12.5 Å². The second-order valence-corrected chi connectivity index (χ2v) is 4.18. The van der Waals surface area contributed by atoms with Crippen LogP contribution >= 0.6 is 0 Å². The van der Waals surface area contributed by atoms with Crippen LogP contribution in [0, 0.1) is 11.8 Å². The van der Waals surface area contributed by atoms with Crippen LogP contribution in [0.3, 0.4) is 0 Å². The van der Waals surface area contributed by atoms with Gasteiger partial charge in [-0.15, -0.1) is 0 Å². The Bertz CT molecular complexity index is 159. The molecule has 0 aromatic carbocycles. The van der Waals surface area contributed by atoms with E-state index in [1.165, 1.54) is 19.3 Å². The number of nitrogens with two attached hydrogens (primary N) is 1. The summed E-state index contributed by atoms with van der Waals surface area (Å²) in [5.41, 5.74) is 5.53. The predicted molar refractivity (Wildman–Crippen MR) is 58.1 cm³/mol. The molecule has 0 heterocycles.